The Hall–Kier alpha value is -1.08. The molecule has 1 fully saturated rings. The molecule has 0 spiro atoms. The van der Waals surface area contributed by atoms with E-state index in [2.05, 4.69) is 5.32 Å². The quantitative estimate of drug-likeness (QED) is 0.635. The van der Waals surface area contributed by atoms with Gasteiger partial charge in [0.15, 0.2) is 0 Å². The molecule has 0 radical (unpaired) electrons. The molecule has 0 aromatic rings. The topological polar surface area (TPSA) is 62.1 Å². The van der Waals surface area contributed by atoms with Gasteiger partial charge in [0.05, 0.1) is 12.7 Å². The van der Waals surface area contributed by atoms with Crippen LogP contribution in [-0.2, 0) is 9.53 Å². The first-order valence-electron chi connectivity index (χ1n) is 6.03. The van der Waals surface area contributed by atoms with Crippen LogP contribution >= 0.6 is 0 Å². The number of nitrogens with zero attached hydrogens (tertiary/aromatic N) is 1. The van der Waals surface area contributed by atoms with E-state index in [4.69, 9.17) is 10.00 Å². The molecule has 1 N–H and O–H groups in total. The van der Waals surface area contributed by atoms with E-state index in [9.17, 15) is 4.79 Å². The van der Waals surface area contributed by atoms with Gasteiger partial charge in [-0.2, -0.15) is 5.26 Å². The summed E-state index contributed by atoms with van der Waals surface area (Å²) >= 11 is 0. The van der Waals surface area contributed by atoms with Gasteiger partial charge in [-0.1, -0.05) is 13.3 Å². The van der Waals surface area contributed by atoms with Gasteiger partial charge >= 0.3 is 0 Å². The van der Waals surface area contributed by atoms with Gasteiger partial charge in [0.2, 0.25) is 5.91 Å². The van der Waals surface area contributed by atoms with Gasteiger partial charge in [-0.3, -0.25) is 4.79 Å². The predicted octanol–water partition coefficient (Wildman–Crippen LogP) is 1.47. The van der Waals surface area contributed by atoms with Crippen molar-refractivity contribution in [2.24, 2.45) is 11.8 Å². The van der Waals surface area contributed by atoms with E-state index in [1.54, 1.807) is 0 Å². The van der Waals surface area contributed by atoms with Crippen molar-refractivity contribution in [3.8, 4) is 6.07 Å². The number of ether oxygens (including phenoxy) is 1. The maximum atomic E-state index is 11.5. The number of rotatable bonds is 8. The van der Waals surface area contributed by atoms with Gasteiger partial charge in [0.1, 0.15) is 5.92 Å². The number of nitriles is 1. The van der Waals surface area contributed by atoms with Crippen LogP contribution < -0.4 is 5.32 Å². The van der Waals surface area contributed by atoms with Crippen molar-refractivity contribution in [2.45, 2.75) is 32.6 Å². The number of amides is 1. The maximum absolute atomic E-state index is 11.5. The largest absolute Gasteiger partial charge is 0.379 e. The molecule has 1 aliphatic rings. The summed E-state index contributed by atoms with van der Waals surface area (Å²) in [5, 5.41) is 11.5. The number of carbonyl (C=O) groups excluding carboxylic acids is 1. The second-order valence-corrected chi connectivity index (χ2v) is 4.28. The second-order valence-electron chi connectivity index (χ2n) is 4.28. The highest BCUT2D eigenvalue weighted by atomic mass is 16.5. The highest BCUT2D eigenvalue weighted by Gasteiger charge is 2.21. The molecule has 0 heterocycles. The Morgan fingerprint density at radius 1 is 1.62 bits per heavy atom. The smallest absolute Gasteiger partial charge is 0.237 e. The number of hydrogen-bond donors (Lipinski definition) is 1. The highest BCUT2D eigenvalue weighted by molar-refractivity contribution is 5.80. The molecule has 1 atom stereocenters. The van der Waals surface area contributed by atoms with Crippen molar-refractivity contribution < 1.29 is 9.53 Å². The van der Waals surface area contributed by atoms with Crippen molar-refractivity contribution in [1.29, 1.82) is 5.26 Å². The molecule has 4 heteroatoms. The lowest BCUT2D eigenvalue weighted by Gasteiger charge is -2.09. The lowest BCUT2D eigenvalue weighted by Crippen LogP contribution is -2.32. The van der Waals surface area contributed by atoms with Gasteiger partial charge in [0.25, 0.3) is 0 Å². The van der Waals surface area contributed by atoms with Crippen molar-refractivity contribution in [1.82, 2.24) is 5.32 Å². The minimum absolute atomic E-state index is 0.167. The van der Waals surface area contributed by atoms with Crippen molar-refractivity contribution in [2.75, 3.05) is 19.8 Å². The Bertz CT molecular complexity index is 256. The average molecular weight is 224 g/mol. The van der Waals surface area contributed by atoms with Crippen molar-refractivity contribution >= 4 is 5.91 Å². The maximum Gasteiger partial charge on any atom is 0.237 e. The molecule has 0 aliphatic heterocycles. The SMILES string of the molecule is CCCC(C#N)C(=O)NCCOCC1CC1. The Kier molecular flexibility index (Phi) is 5.87. The molecule has 0 bridgehead atoms. The molecule has 1 amide bonds. The molecule has 1 unspecified atom stereocenters. The fourth-order valence-corrected chi connectivity index (χ4v) is 1.45. The predicted molar refractivity (Wildman–Crippen MR) is 60.6 cm³/mol. The molecule has 0 aromatic heterocycles. The van der Waals surface area contributed by atoms with Crippen molar-refractivity contribution in [3.05, 3.63) is 0 Å². The first-order chi connectivity index (χ1) is 7.77. The second kappa shape index (κ2) is 7.24. The highest BCUT2D eigenvalue weighted by Crippen LogP contribution is 2.28. The van der Waals surface area contributed by atoms with Crippen LogP contribution in [-0.4, -0.2) is 25.7 Å². The third-order valence-electron chi connectivity index (χ3n) is 2.65. The third kappa shape index (κ3) is 5.13. The van der Waals surface area contributed by atoms with Crippen LogP contribution in [0.2, 0.25) is 0 Å². The van der Waals surface area contributed by atoms with Gasteiger partial charge in [-0.05, 0) is 25.2 Å². The zero-order valence-corrected chi connectivity index (χ0v) is 9.87. The lowest BCUT2D eigenvalue weighted by molar-refractivity contribution is -0.123. The summed E-state index contributed by atoms with van der Waals surface area (Å²) in [5.41, 5.74) is 0. The van der Waals surface area contributed by atoms with Crippen LogP contribution in [0.15, 0.2) is 0 Å². The number of carbonyl (C=O) groups is 1. The zero-order chi connectivity index (χ0) is 11.8. The van der Waals surface area contributed by atoms with E-state index in [1.807, 2.05) is 13.0 Å². The van der Waals surface area contributed by atoms with Crippen LogP contribution in [0.3, 0.4) is 0 Å². The summed E-state index contributed by atoms with van der Waals surface area (Å²) in [6.07, 6.45) is 4.04. The molecular weight excluding hydrogens is 204 g/mol. The third-order valence-corrected chi connectivity index (χ3v) is 2.65. The molecule has 90 valence electrons. The van der Waals surface area contributed by atoms with E-state index in [0.717, 1.165) is 18.9 Å². The molecule has 0 saturated heterocycles. The lowest BCUT2D eigenvalue weighted by atomic mass is 10.1. The van der Waals surface area contributed by atoms with E-state index in [1.165, 1.54) is 12.8 Å². The van der Waals surface area contributed by atoms with E-state index in [-0.39, 0.29) is 5.91 Å². The molecule has 0 aromatic carbocycles. The summed E-state index contributed by atoms with van der Waals surface area (Å²) in [6, 6.07) is 2.02. The van der Waals surface area contributed by atoms with Gasteiger partial charge in [-0.15, -0.1) is 0 Å². The molecule has 1 saturated carbocycles. The monoisotopic (exact) mass is 224 g/mol. The van der Waals surface area contributed by atoms with Crippen LogP contribution in [0.25, 0.3) is 0 Å². The molecule has 1 rings (SSSR count). The Balaban J connectivity index is 2.01. The Morgan fingerprint density at radius 2 is 2.38 bits per heavy atom. The summed E-state index contributed by atoms with van der Waals surface area (Å²) in [6.45, 7) is 3.84. The van der Waals surface area contributed by atoms with Crippen LogP contribution in [0, 0.1) is 23.2 Å². The van der Waals surface area contributed by atoms with E-state index < -0.39 is 5.92 Å². The molecule has 16 heavy (non-hydrogen) atoms. The summed E-state index contributed by atoms with van der Waals surface area (Å²) in [4.78, 5) is 11.5. The first-order valence-corrected chi connectivity index (χ1v) is 6.03. The zero-order valence-electron chi connectivity index (χ0n) is 9.87. The van der Waals surface area contributed by atoms with E-state index >= 15 is 0 Å². The minimum atomic E-state index is -0.506. The van der Waals surface area contributed by atoms with Crippen LogP contribution in [0.5, 0.6) is 0 Å². The van der Waals surface area contributed by atoms with E-state index in [0.29, 0.717) is 19.6 Å². The number of nitrogens with one attached hydrogen (secondary N) is 1. The minimum Gasteiger partial charge on any atom is -0.379 e. The first kappa shape index (κ1) is 13.0. The Labute approximate surface area is 97.0 Å². The molecule has 1 aliphatic carbocycles. The fourth-order valence-electron chi connectivity index (χ4n) is 1.45. The van der Waals surface area contributed by atoms with Crippen LogP contribution in [0.1, 0.15) is 32.6 Å². The van der Waals surface area contributed by atoms with Crippen LogP contribution in [0.4, 0.5) is 0 Å². The summed E-state index contributed by atoms with van der Waals surface area (Å²) in [5.74, 6) is 0.0791. The summed E-state index contributed by atoms with van der Waals surface area (Å²) in [7, 11) is 0. The number of hydrogen-bond acceptors (Lipinski definition) is 3. The van der Waals surface area contributed by atoms with Gasteiger partial charge in [-0.25, -0.2) is 0 Å². The van der Waals surface area contributed by atoms with Gasteiger partial charge < -0.3 is 10.1 Å². The van der Waals surface area contributed by atoms with Crippen molar-refractivity contribution in [3.63, 3.8) is 0 Å². The molecule has 4 nitrogen and oxygen atoms in total. The fraction of sp³-hybridized carbons (Fsp3) is 0.833. The summed E-state index contributed by atoms with van der Waals surface area (Å²) < 4.78 is 5.38. The molecular formula is C12H20N2O2. The van der Waals surface area contributed by atoms with Gasteiger partial charge in [0, 0.05) is 13.2 Å². The Morgan fingerprint density at radius 3 is 2.94 bits per heavy atom. The normalized spacial score (nSPS) is 16.5. The standard InChI is InChI=1S/C12H20N2O2/c1-2-3-11(8-13)12(15)14-6-7-16-9-10-4-5-10/h10-11H,2-7,9H2,1H3,(H,14,15). The average Bonchev–Trinajstić information content (AvgIpc) is 3.09.